The van der Waals surface area contributed by atoms with Crippen molar-refractivity contribution in [1.29, 1.82) is 0 Å². The maximum Gasteiger partial charge on any atom is 0.269 e. The normalized spacial score (nSPS) is 19.0. The molecule has 1 spiro atoms. The van der Waals surface area contributed by atoms with Crippen molar-refractivity contribution >= 4 is 29.4 Å². The van der Waals surface area contributed by atoms with Crippen molar-refractivity contribution in [1.82, 2.24) is 21.7 Å². The highest BCUT2D eigenvalue weighted by molar-refractivity contribution is 6.09. The molecule has 8 aromatic carbocycles. The molecule has 11 rings (SSSR count). The summed E-state index contributed by atoms with van der Waals surface area (Å²) >= 11 is 0. The lowest BCUT2D eigenvalue weighted by Crippen LogP contribution is -2.59. The quantitative estimate of drug-likeness (QED) is 0.0751. The second-order valence-corrected chi connectivity index (χ2v) is 20.6. The van der Waals surface area contributed by atoms with Gasteiger partial charge in [0, 0.05) is 38.8 Å². The monoisotopic (exact) mass is 988 g/mol. The molecule has 0 aromatic heterocycles. The number of benzene rings is 8. The Morgan fingerprint density at radius 3 is 1.17 bits per heavy atom. The molecule has 0 heterocycles. The molecule has 2 saturated carbocycles. The molecule has 4 N–H and O–H groups in total. The summed E-state index contributed by atoms with van der Waals surface area (Å²) in [5, 5.41) is 0. The molecular weight excluding hydrogens is 933 g/mol. The van der Waals surface area contributed by atoms with Crippen molar-refractivity contribution < 1.29 is 28.7 Å². The number of rotatable bonds is 11. The lowest BCUT2D eigenvalue weighted by molar-refractivity contribution is -0.0628. The molecule has 0 saturated heterocycles. The van der Waals surface area contributed by atoms with Gasteiger partial charge < -0.3 is 4.74 Å². The molecule has 8 aromatic rings. The van der Waals surface area contributed by atoms with Gasteiger partial charge in [0.15, 0.2) is 5.78 Å². The Labute approximate surface area is 436 Å². The maximum atomic E-state index is 13.3. The van der Waals surface area contributed by atoms with E-state index in [1.807, 2.05) is 60.7 Å². The first kappa shape index (κ1) is 48.4. The lowest BCUT2D eigenvalue weighted by atomic mass is 9.38. The minimum atomic E-state index is -0.500. The largest absolute Gasteiger partial charge is 0.489 e. The van der Waals surface area contributed by atoms with Crippen LogP contribution in [0.2, 0.25) is 0 Å². The number of amides is 4. The van der Waals surface area contributed by atoms with Gasteiger partial charge in [-0.1, -0.05) is 148 Å². The molecular formula is C65H56N4O6. The Bertz CT molecular complexity index is 3460. The van der Waals surface area contributed by atoms with Crippen LogP contribution < -0.4 is 26.4 Å². The van der Waals surface area contributed by atoms with Gasteiger partial charge in [-0.15, -0.1) is 0 Å². The van der Waals surface area contributed by atoms with Gasteiger partial charge in [0.2, 0.25) is 0 Å². The highest BCUT2D eigenvalue weighted by Gasteiger charge is 2.66. The molecule has 4 amide bonds. The van der Waals surface area contributed by atoms with Crippen molar-refractivity contribution in [3.8, 4) is 39.1 Å². The van der Waals surface area contributed by atoms with Crippen molar-refractivity contribution in [2.24, 2.45) is 10.8 Å². The fourth-order valence-corrected chi connectivity index (χ4v) is 12.6. The number of ether oxygens (including phenoxy) is 1. The Morgan fingerprint density at radius 1 is 0.400 bits per heavy atom. The standard InChI is InChI=1S/C65H56N4O6/c1-63-35-9-37-64(2,38-10-36-63)65(63)56-39-51(43-15-21-47(22-16-43)59(71)66-68-61(73)49-25-19-46(20-26-49)58(70)45-13-7-4-8-14-45)29-33-54(56)55-34-30-52(40-57(55)65)44-17-23-48(24-18-44)60(72)67-69-62(74)50-27-31-53(32-28-50)75-41-42-11-5-3-6-12-42/h3-8,11-34,39-40H,9-10,35-38,41H2,1-2H3,(H,66,71)(H,67,72)(H,68,73)(H,69,74). The van der Waals surface area contributed by atoms with E-state index in [0.29, 0.717) is 45.7 Å². The van der Waals surface area contributed by atoms with E-state index >= 15 is 0 Å². The van der Waals surface area contributed by atoms with Crippen LogP contribution in [0.3, 0.4) is 0 Å². The predicted octanol–water partition coefficient (Wildman–Crippen LogP) is 12.6. The summed E-state index contributed by atoms with van der Waals surface area (Å²) in [4.78, 5) is 65.4. The van der Waals surface area contributed by atoms with Gasteiger partial charge in [-0.3, -0.25) is 45.7 Å². The third-order valence-electron chi connectivity index (χ3n) is 16.2. The molecule has 3 aliphatic rings. The summed E-state index contributed by atoms with van der Waals surface area (Å²) in [5.41, 5.74) is 22.8. The summed E-state index contributed by atoms with van der Waals surface area (Å²) in [5.74, 6) is -1.32. The smallest absolute Gasteiger partial charge is 0.269 e. The fraction of sp³-hybridized carbons (Fsp3) is 0.185. The minimum absolute atomic E-state index is 0.00800. The SMILES string of the molecule is CC12CCCC(C)(CCC1)C21c2cc(-c3ccc(C(=O)NNC(=O)c4ccc(OCc5ccccc5)cc4)cc3)ccc2-c2ccc(-c3ccc(C(=O)NNC(=O)c4ccc(C(=O)c5ccccc5)cc4)cc3)cc21. The second-order valence-electron chi connectivity index (χ2n) is 20.6. The predicted molar refractivity (Wildman–Crippen MR) is 291 cm³/mol. The third kappa shape index (κ3) is 8.96. The molecule has 0 aliphatic heterocycles. The molecule has 2 fully saturated rings. The zero-order chi connectivity index (χ0) is 51.7. The van der Waals surface area contributed by atoms with Gasteiger partial charge in [0.05, 0.1) is 0 Å². The van der Waals surface area contributed by atoms with Crippen molar-refractivity contribution in [2.75, 3.05) is 0 Å². The number of hydrogen-bond donors (Lipinski definition) is 4. The Hall–Kier alpha value is -8.89. The first-order valence-electron chi connectivity index (χ1n) is 25.6. The van der Waals surface area contributed by atoms with Crippen LogP contribution in [0.5, 0.6) is 5.75 Å². The highest BCUT2D eigenvalue weighted by Crippen LogP contribution is 2.74. The zero-order valence-electron chi connectivity index (χ0n) is 41.9. The van der Waals surface area contributed by atoms with E-state index in [9.17, 15) is 24.0 Å². The molecule has 372 valence electrons. The zero-order valence-corrected chi connectivity index (χ0v) is 41.9. The van der Waals surface area contributed by atoms with Crippen LogP contribution in [0.15, 0.2) is 194 Å². The second kappa shape index (κ2) is 19.8. The average Bonchev–Trinajstić information content (AvgIpc) is 3.84. The van der Waals surface area contributed by atoms with Gasteiger partial charge in [-0.2, -0.15) is 0 Å². The van der Waals surface area contributed by atoms with Crippen LogP contribution in [0.25, 0.3) is 33.4 Å². The van der Waals surface area contributed by atoms with E-state index in [2.05, 4.69) is 71.9 Å². The summed E-state index contributed by atoms with van der Waals surface area (Å²) in [6, 6.07) is 60.6. The van der Waals surface area contributed by atoms with Gasteiger partial charge in [0.1, 0.15) is 12.4 Å². The number of nitrogens with one attached hydrogen (secondary N) is 4. The van der Waals surface area contributed by atoms with E-state index in [1.165, 1.54) is 35.1 Å². The Kier molecular flexibility index (Phi) is 12.8. The summed E-state index contributed by atoms with van der Waals surface area (Å²) in [6.07, 6.45) is 6.89. The topological polar surface area (TPSA) is 143 Å². The first-order chi connectivity index (χ1) is 36.4. The van der Waals surface area contributed by atoms with Crippen LogP contribution in [-0.2, 0) is 12.0 Å². The van der Waals surface area contributed by atoms with E-state index in [0.717, 1.165) is 53.5 Å². The molecule has 3 aliphatic carbocycles. The van der Waals surface area contributed by atoms with E-state index in [4.69, 9.17) is 4.74 Å². The van der Waals surface area contributed by atoms with E-state index in [-0.39, 0.29) is 22.0 Å². The van der Waals surface area contributed by atoms with Crippen LogP contribution in [0.1, 0.15) is 126 Å². The van der Waals surface area contributed by atoms with E-state index < -0.39 is 23.6 Å². The van der Waals surface area contributed by atoms with Gasteiger partial charge in [0.25, 0.3) is 23.6 Å². The molecule has 10 heteroatoms. The van der Waals surface area contributed by atoms with Crippen molar-refractivity contribution in [3.05, 3.63) is 244 Å². The van der Waals surface area contributed by atoms with Gasteiger partial charge >= 0.3 is 0 Å². The average molecular weight is 989 g/mol. The van der Waals surface area contributed by atoms with E-state index in [1.54, 1.807) is 97.1 Å². The maximum absolute atomic E-state index is 13.3. The van der Waals surface area contributed by atoms with Gasteiger partial charge in [-0.05, 0) is 159 Å². The Balaban J connectivity index is 0.783. The van der Waals surface area contributed by atoms with Gasteiger partial charge in [-0.25, -0.2) is 0 Å². The molecule has 0 unspecified atom stereocenters. The van der Waals surface area contributed by atoms with Crippen molar-refractivity contribution in [3.63, 3.8) is 0 Å². The summed E-state index contributed by atoms with van der Waals surface area (Å²) < 4.78 is 5.85. The van der Waals surface area contributed by atoms with Crippen LogP contribution in [0, 0.1) is 10.8 Å². The molecule has 2 bridgehead atoms. The Morgan fingerprint density at radius 2 is 0.747 bits per heavy atom. The van der Waals surface area contributed by atoms with Crippen LogP contribution >= 0.6 is 0 Å². The number of hydrogen-bond acceptors (Lipinski definition) is 6. The number of hydrazine groups is 2. The minimum Gasteiger partial charge on any atom is -0.489 e. The summed E-state index contributed by atoms with van der Waals surface area (Å²) in [6.45, 7) is 5.44. The fourth-order valence-electron chi connectivity index (χ4n) is 12.6. The van der Waals surface area contributed by atoms with Crippen LogP contribution in [-0.4, -0.2) is 29.4 Å². The third-order valence-corrected chi connectivity index (χ3v) is 16.2. The molecule has 0 atom stereocenters. The number of carbonyl (C=O) groups excluding carboxylic acids is 5. The molecule has 0 radical (unpaired) electrons. The first-order valence-corrected chi connectivity index (χ1v) is 25.6. The number of ketones is 1. The molecule has 10 nitrogen and oxygen atoms in total. The lowest BCUT2D eigenvalue weighted by Gasteiger charge is -2.65. The highest BCUT2D eigenvalue weighted by atomic mass is 16.5. The summed E-state index contributed by atoms with van der Waals surface area (Å²) in [7, 11) is 0. The number of fused-ring (bicyclic) bond motifs is 3. The van der Waals surface area contributed by atoms with Crippen molar-refractivity contribution in [2.45, 2.75) is 64.4 Å². The molecule has 75 heavy (non-hydrogen) atoms. The number of carbonyl (C=O) groups is 5. The van der Waals surface area contributed by atoms with Crippen LogP contribution in [0.4, 0.5) is 0 Å².